The summed E-state index contributed by atoms with van der Waals surface area (Å²) in [6.45, 7) is 6.37. The Morgan fingerprint density at radius 1 is 1.25 bits per heavy atom. The summed E-state index contributed by atoms with van der Waals surface area (Å²) in [4.78, 5) is 0. The van der Waals surface area contributed by atoms with Crippen molar-refractivity contribution in [2.75, 3.05) is 7.11 Å². The van der Waals surface area contributed by atoms with E-state index in [0.29, 0.717) is 6.04 Å². The van der Waals surface area contributed by atoms with Crippen LogP contribution in [0.4, 0.5) is 0 Å². The highest BCUT2D eigenvalue weighted by atomic mass is 79.9. The third-order valence-electron chi connectivity index (χ3n) is 2.65. The zero-order valence-corrected chi connectivity index (χ0v) is 12.0. The normalized spacial score (nSPS) is 13.4. The molecule has 0 aliphatic rings. The van der Waals surface area contributed by atoms with Crippen molar-refractivity contribution in [3.05, 3.63) is 11.6 Å². The fraction of sp³-hybridized carbons (Fsp3) is 0.818. The minimum Gasteiger partial charge on any atom is -0.382 e. The van der Waals surface area contributed by atoms with E-state index in [9.17, 15) is 0 Å². The molecule has 0 aliphatic carbocycles. The molecule has 0 fully saturated rings. The van der Waals surface area contributed by atoms with Gasteiger partial charge in [0.15, 0.2) is 0 Å². The van der Waals surface area contributed by atoms with E-state index in [0.717, 1.165) is 29.8 Å². The zero-order valence-electron chi connectivity index (χ0n) is 10.4. The fourth-order valence-corrected chi connectivity index (χ4v) is 2.05. The van der Waals surface area contributed by atoms with Crippen molar-refractivity contribution in [1.29, 1.82) is 0 Å². The van der Waals surface area contributed by atoms with E-state index in [1.807, 2.05) is 0 Å². The lowest BCUT2D eigenvalue weighted by atomic mass is 10.2. The summed E-state index contributed by atoms with van der Waals surface area (Å²) in [5, 5.41) is 9.17. The van der Waals surface area contributed by atoms with Gasteiger partial charge >= 0.3 is 0 Å². The lowest BCUT2D eigenvalue weighted by Crippen LogP contribution is -2.12. The van der Waals surface area contributed by atoms with Crippen molar-refractivity contribution < 1.29 is 4.74 Å². The molecule has 0 radical (unpaired) electrons. The quantitative estimate of drug-likeness (QED) is 0.756. The Labute approximate surface area is 106 Å². The van der Waals surface area contributed by atoms with Crippen LogP contribution in [0.25, 0.3) is 0 Å². The van der Waals surface area contributed by atoms with E-state index in [-0.39, 0.29) is 6.10 Å². The molecule has 0 amide bonds. The molecule has 16 heavy (non-hydrogen) atoms. The van der Waals surface area contributed by atoms with E-state index in [2.05, 4.69) is 51.5 Å². The second kappa shape index (κ2) is 6.35. The minimum absolute atomic E-state index is 0.268. The zero-order chi connectivity index (χ0) is 12.1. The molecule has 1 atom stereocenters. The predicted octanol–water partition coefficient (Wildman–Crippen LogP) is 2.72. The van der Waals surface area contributed by atoms with Crippen LogP contribution >= 0.6 is 15.9 Å². The minimum atomic E-state index is 0.268. The molecule has 4 nitrogen and oxygen atoms in total. The summed E-state index contributed by atoms with van der Waals surface area (Å²) in [5.41, 5.74) is 0. The third kappa shape index (κ3) is 3.28. The Kier molecular flexibility index (Phi) is 5.41. The molecule has 1 aromatic heterocycles. The summed E-state index contributed by atoms with van der Waals surface area (Å²) in [6, 6.07) is 0.399. The summed E-state index contributed by atoms with van der Waals surface area (Å²) < 4.78 is 7.43. The monoisotopic (exact) mass is 289 g/mol. The number of methoxy groups -OCH3 is 1. The van der Waals surface area contributed by atoms with Gasteiger partial charge in [0.05, 0.1) is 11.4 Å². The SMILES string of the molecule is COC(C)CCc1nnc(CBr)n1C(C)C. The Bertz CT molecular complexity index is 325. The van der Waals surface area contributed by atoms with Crippen molar-refractivity contribution in [2.45, 2.75) is 51.1 Å². The number of hydrogen-bond acceptors (Lipinski definition) is 3. The first-order chi connectivity index (χ1) is 7.60. The number of aromatic nitrogens is 3. The molecule has 1 aromatic rings. The van der Waals surface area contributed by atoms with E-state index < -0.39 is 0 Å². The fourth-order valence-electron chi connectivity index (χ4n) is 1.67. The van der Waals surface area contributed by atoms with Crippen LogP contribution in [0.2, 0.25) is 0 Å². The predicted molar refractivity (Wildman–Crippen MR) is 67.8 cm³/mol. The highest BCUT2D eigenvalue weighted by Gasteiger charge is 2.14. The van der Waals surface area contributed by atoms with Gasteiger partial charge in [-0.1, -0.05) is 15.9 Å². The van der Waals surface area contributed by atoms with Crippen molar-refractivity contribution >= 4 is 15.9 Å². The molecule has 92 valence electrons. The second-order valence-electron chi connectivity index (χ2n) is 4.21. The van der Waals surface area contributed by atoms with Gasteiger partial charge in [-0.2, -0.15) is 0 Å². The van der Waals surface area contributed by atoms with Gasteiger partial charge < -0.3 is 9.30 Å². The van der Waals surface area contributed by atoms with Gasteiger partial charge in [-0.05, 0) is 27.2 Å². The molecule has 0 aromatic carbocycles. The Hall–Kier alpha value is -0.420. The number of ether oxygens (including phenoxy) is 1. The summed E-state index contributed by atoms with van der Waals surface area (Å²) in [5.74, 6) is 2.04. The molecule has 0 saturated carbocycles. The van der Waals surface area contributed by atoms with Gasteiger partial charge in [0.25, 0.3) is 0 Å². The molecule has 0 N–H and O–H groups in total. The molecule has 0 saturated heterocycles. The number of nitrogens with zero attached hydrogens (tertiary/aromatic N) is 3. The average Bonchev–Trinajstić information content (AvgIpc) is 2.68. The molecule has 1 heterocycles. The standard InChI is InChI=1S/C11H20BrN3O/c1-8(2)15-10(6-5-9(3)16-4)13-14-11(15)7-12/h8-9H,5-7H2,1-4H3. The van der Waals surface area contributed by atoms with Crippen molar-refractivity contribution in [3.63, 3.8) is 0 Å². The van der Waals surface area contributed by atoms with E-state index in [4.69, 9.17) is 4.74 Å². The molecule has 1 unspecified atom stereocenters. The Morgan fingerprint density at radius 2 is 1.88 bits per heavy atom. The van der Waals surface area contributed by atoms with Gasteiger partial charge in [-0.25, -0.2) is 0 Å². The molecular formula is C11H20BrN3O. The van der Waals surface area contributed by atoms with Crippen LogP contribution in [0.15, 0.2) is 0 Å². The molecule has 1 rings (SSSR count). The highest BCUT2D eigenvalue weighted by molar-refractivity contribution is 9.08. The molecular weight excluding hydrogens is 270 g/mol. The van der Waals surface area contributed by atoms with Crippen LogP contribution < -0.4 is 0 Å². The Morgan fingerprint density at radius 3 is 2.38 bits per heavy atom. The number of halogens is 1. The molecule has 0 aliphatic heterocycles. The van der Waals surface area contributed by atoms with Crippen LogP contribution in [0.5, 0.6) is 0 Å². The van der Waals surface area contributed by atoms with Crippen molar-refractivity contribution in [2.24, 2.45) is 0 Å². The summed E-state index contributed by atoms with van der Waals surface area (Å²) in [6.07, 6.45) is 2.15. The second-order valence-corrected chi connectivity index (χ2v) is 4.78. The maximum absolute atomic E-state index is 5.24. The van der Waals surface area contributed by atoms with Gasteiger partial charge in [0.2, 0.25) is 0 Å². The maximum Gasteiger partial charge on any atom is 0.143 e. The number of aryl methyl sites for hydroxylation is 1. The summed E-state index contributed by atoms with van der Waals surface area (Å²) >= 11 is 3.44. The Balaban J connectivity index is 2.75. The van der Waals surface area contributed by atoms with Gasteiger partial charge in [0.1, 0.15) is 11.6 Å². The van der Waals surface area contributed by atoms with Gasteiger partial charge in [-0.15, -0.1) is 10.2 Å². The smallest absolute Gasteiger partial charge is 0.143 e. The number of hydrogen-bond donors (Lipinski definition) is 0. The first-order valence-corrected chi connectivity index (χ1v) is 6.73. The topological polar surface area (TPSA) is 39.9 Å². The van der Waals surface area contributed by atoms with Crippen molar-refractivity contribution in [3.8, 4) is 0 Å². The van der Waals surface area contributed by atoms with E-state index in [1.54, 1.807) is 7.11 Å². The van der Waals surface area contributed by atoms with E-state index in [1.165, 1.54) is 0 Å². The third-order valence-corrected chi connectivity index (χ3v) is 3.15. The average molecular weight is 290 g/mol. The lowest BCUT2D eigenvalue weighted by Gasteiger charge is -2.14. The summed E-state index contributed by atoms with van der Waals surface area (Å²) in [7, 11) is 1.74. The van der Waals surface area contributed by atoms with Gasteiger partial charge in [0, 0.05) is 19.6 Å². The highest BCUT2D eigenvalue weighted by Crippen LogP contribution is 2.15. The molecule has 0 spiro atoms. The van der Waals surface area contributed by atoms with Crippen LogP contribution in [0, 0.1) is 0 Å². The maximum atomic E-state index is 5.24. The lowest BCUT2D eigenvalue weighted by molar-refractivity contribution is 0.110. The number of alkyl halides is 1. The van der Waals surface area contributed by atoms with E-state index >= 15 is 0 Å². The first kappa shape index (κ1) is 13.6. The van der Waals surface area contributed by atoms with Gasteiger partial charge in [-0.3, -0.25) is 0 Å². The van der Waals surface area contributed by atoms with Crippen LogP contribution in [0.3, 0.4) is 0 Å². The van der Waals surface area contributed by atoms with Crippen LogP contribution in [0.1, 0.15) is 44.9 Å². The van der Waals surface area contributed by atoms with Crippen LogP contribution in [-0.2, 0) is 16.5 Å². The number of rotatable bonds is 6. The first-order valence-electron chi connectivity index (χ1n) is 5.61. The molecule has 5 heteroatoms. The van der Waals surface area contributed by atoms with Crippen molar-refractivity contribution in [1.82, 2.24) is 14.8 Å². The largest absolute Gasteiger partial charge is 0.382 e. The van der Waals surface area contributed by atoms with Crippen LogP contribution in [-0.4, -0.2) is 28.0 Å². The molecule has 0 bridgehead atoms.